The molecule has 29 heavy (non-hydrogen) atoms. The third kappa shape index (κ3) is 5.10. The van der Waals surface area contributed by atoms with Crippen molar-refractivity contribution in [3.05, 3.63) is 58.6 Å². The predicted octanol–water partition coefficient (Wildman–Crippen LogP) is 2.97. The van der Waals surface area contributed by atoms with Crippen molar-refractivity contribution in [3.63, 3.8) is 0 Å². The van der Waals surface area contributed by atoms with E-state index in [-0.39, 0.29) is 28.8 Å². The number of hydrogen-bond donors (Lipinski definition) is 1. The number of nitrogens with zero attached hydrogens (tertiary/aromatic N) is 2. The molecular formula is C21H26ClN3O3S. The Hall–Kier alpha value is -2.09. The van der Waals surface area contributed by atoms with Crippen LogP contribution in [-0.4, -0.2) is 51.9 Å². The maximum atomic E-state index is 12.5. The van der Waals surface area contributed by atoms with Crippen molar-refractivity contribution in [2.24, 2.45) is 0 Å². The van der Waals surface area contributed by atoms with E-state index in [2.05, 4.69) is 41.7 Å². The van der Waals surface area contributed by atoms with E-state index in [1.807, 2.05) is 0 Å². The number of halogens is 1. The highest BCUT2D eigenvalue weighted by Gasteiger charge is 2.23. The molecule has 3 rings (SSSR count). The summed E-state index contributed by atoms with van der Waals surface area (Å²) in [5.74, 6) is -0.0486. The molecule has 0 atom stereocenters. The first kappa shape index (κ1) is 21.6. The van der Waals surface area contributed by atoms with Crippen LogP contribution in [0, 0.1) is 13.8 Å². The van der Waals surface area contributed by atoms with E-state index in [1.165, 1.54) is 28.9 Å². The van der Waals surface area contributed by atoms with Gasteiger partial charge < -0.3 is 9.80 Å². The minimum absolute atomic E-state index is 0.0243. The van der Waals surface area contributed by atoms with Gasteiger partial charge in [0.1, 0.15) is 4.90 Å². The van der Waals surface area contributed by atoms with Crippen molar-refractivity contribution >= 4 is 33.2 Å². The Morgan fingerprint density at radius 2 is 1.72 bits per heavy atom. The molecule has 2 aromatic rings. The van der Waals surface area contributed by atoms with Gasteiger partial charge >= 0.3 is 0 Å². The predicted molar refractivity (Wildman–Crippen MR) is 116 cm³/mol. The van der Waals surface area contributed by atoms with E-state index in [0.717, 1.165) is 13.1 Å². The lowest BCUT2D eigenvalue weighted by molar-refractivity contribution is -0.131. The maximum Gasteiger partial charge on any atom is 0.242 e. The van der Waals surface area contributed by atoms with Crippen molar-refractivity contribution < 1.29 is 13.2 Å². The number of nitrogens with one attached hydrogen (secondary N) is 1. The van der Waals surface area contributed by atoms with Gasteiger partial charge in [-0.2, -0.15) is 0 Å². The highest BCUT2D eigenvalue weighted by atomic mass is 35.5. The Morgan fingerprint density at radius 1 is 1.03 bits per heavy atom. The summed E-state index contributed by atoms with van der Waals surface area (Å²) in [5, 5.41) is 0.161. The molecule has 0 unspecified atom stereocenters. The van der Waals surface area contributed by atoms with Gasteiger partial charge in [-0.3, -0.25) is 4.79 Å². The van der Waals surface area contributed by atoms with Crippen LogP contribution in [-0.2, 0) is 14.8 Å². The van der Waals surface area contributed by atoms with Gasteiger partial charge in [0.15, 0.2) is 0 Å². The largest absolute Gasteiger partial charge is 0.368 e. The van der Waals surface area contributed by atoms with Crippen molar-refractivity contribution in [1.29, 1.82) is 0 Å². The van der Waals surface area contributed by atoms with Gasteiger partial charge in [-0.05, 0) is 43.2 Å². The fourth-order valence-corrected chi connectivity index (χ4v) is 5.02. The zero-order valence-electron chi connectivity index (χ0n) is 16.7. The Kier molecular flexibility index (Phi) is 6.82. The van der Waals surface area contributed by atoms with Gasteiger partial charge in [0, 0.05) is 44.8 Å². The number of carbonyl (C=O) groups is 1. The lowest BCUT2D eigenvalue weighted by Crippen LogP contribution is -2.49. The molecule has 1 N–H and O–H groups in total. The molecule has 0 aliphatic carbocycles. The number of piperazine rings is 1. The highest BCUT2D eigenvalue weighted by molar-refractivity contribution is 7.89. The molecule has 6 nitrogen and oxygen atoms in total. The first-order chi connectivity index (χ1) is 13.8. The summed E-state index contributed by atoms with van der Waals surface area (Å²) in [6.45, 7) is 7.05. The molecule has 0 saturated carbocycles. The minimum Gasteiger partial charge on any atom is -0.368 e. The van der Waals surface area contributed by atoms with Crippen LogP contribution in [0.3, 0.4) is 0 Å². The van der Waals surface area contributed by atoms with Crippen LogP contribution in [0.15, 0.2) is 47.4 Å². The molecule has 0 bridgehead atoms. The summed E-state index contributed by atoms with van der Waals surface area (Å²) in [7, 11) is -3.73. The summed E-state index contributed by atoms with van der Waals surface area (Å²) in [6.07, 6.45) is 0.118. The highest BCUT2D eigenvalue weighted by Crippen LogP contribution is 2.24. The van der Waals surface area contributed by atoms with Crippen LogP contribution in [0.2, 0.25) is 5.02 Å². The molecule has 1 aliphatic rings. The van der Waals surface area contributed by atoms with E-state index in [9.17, 15) is 13.2 Å². The van der Waals surface area contributed by atoms with Gasteiger partial charge in [-0.15, -0.1) is 0 Å². The molecular weight excluding hydrogens is 410 g/mol. The Balaban J connectivity index is 1.50. The number of anilines is 1. The SMILES string of the molecule is Cc1cccc(N2CCN(C(=O)CCNS(=O)(=O)c3ccccc3Cl)CC2)c1C. The van der Waals surface area contributed by atoms with Gasteiger partial charge in [-0.1, -0.05) is 35.9 Å². The lowest BCUT2D eigenvalue weighted by atomic mass is 10.1. The third-order valence-corrected chi connectivity index (χ3v) is 7.27. The van der Waals surface area contributed by atoms with Crippen LogP contribution >= 0.6 is 11.6 Å². The van der Waals surface area contributed by atoms with Gasteiger partial charge in [-0.25, -0.2) is 13.1 Å². The number of hydrogen-bond acceptors (Lipinski definition) is 4. The van der Waals surface area contributed by atoms with Crippen LogP contribution in [0.25, 0.3) is 0 Å². The molecule has 0 radical (unpaired) electrons. The number of benzene rings is 2. The molecule has 1 saturated heterocycles. The number of aryl methyl sites for hydroxylation is 1. The smallest absolute Gasteiger partial charge is 0.242 e. The molecule has 0 spiro atoms. The summed E-state index contributed by atoms with van der Waals surface area (Å²) < 4.78 is 27.2. The Morgan fingerprint density at radius 3 is 2.41 bits per heavy atom. The van der Waals surface area contributed by atoms with Gasteiger partial charge in [0.25, 0.3) is 0 Å². The standard InChI is InChI=1S/C21H26ClN3O3S/c1-16-6-5-8-19(17(16)2)24-12-14-25(15-13-24)21(26)10-11-23-29(27,28)20-9-4-3-7-18(20)22/h3-9,23H,10-15H2,1-2H3. The van der Waals surface area contributed by atoms with E-state index in [4.69, 9.17) is 11.6 Å². The van der Waals surface area contributed by atoms with Crippen molar-refractivity contribution in [2.75, 3.05) is 37.6 Å². The molecule has 1 heterocycles. The number of rotatable bonds is 6. The second-order valence-corrected chi connectivity index (χ2v) is 9.31. The van der Waals surface area contributed by atoms with E-state index in [1.54, 1.807) is 17.0 Å². The van der Waals surface area contributed by atoms with Crippen molar-refractivity contribution in [1.82, 2.24) is 9.62 Å². The molecule has 0 aromatic heterocycles. The van der Waals surface area contributed by atoms with E-state index in [0.29, 0.717) is 13.1 Å². The average Bonchev–Trinajstić information content (AvgIpc) is 2.70. The zero-order valence-corrected chi connectivity index (χ0v) is 18.3. The molecule has 156 valence electrons. The monoisotopic (exact) mass is 435 g/mol. The number of amides is 1. The van der Waals surface area contributed by atoms with Crippen molar-refractivity contribution in [2.45, 2.75) is 25.2 Å². The van der Waals surface area contributed by atoms with Crippen LogP contribution in [0.5, 0.6) is 0 Å². The maximum absolute atomic E-state index is 12.5. The molecule has 1 aliphatic heterocycles. The lowest BCUT2D eigenvalue weighted by Gasteiger charge is -2.37. The summed E-state index contributed by atoms with van der Waals surface area (Å²) in [6, 6.07) is 12.5. The molecule has 1 amide bonds. The average molecular weight is 436 g/mol. The molecule has 8 heteroatoms. The second kappa shape index (κ2) is 9.15. The van der Waals surface area contributed by atoms with Crippen LogP contribution in [0.1, 0.15) is 17.5 Å². The van der Waals surface area contributed by atoms with Crippen LogP contribution in [0.4, 0.5) is 5.69 Å². The number of carbonyl (C=O) groups excluding carboxylic acids is 1. The quantitative estimate of drug-likeness (QED) is 0.757. The van der Waals surface area contributed by atoms with Crippen LogP contribution < -0.4 is 9.62 Å². The second-order valence-electron chi connectivity index (χ2n) is 7.17. The summed E-state index contributed by atoms with van der Waals surface area (Å²) >= 11 is 5.96. The molecule has 2 aromatic carbocycles. The molecule has 1 fully saturated rings. The van der Waals surface area contributed by atoms with E-state index < -0.39 is 10.0 Å². The zero-order chi connectivity index (χ0) is 21.0. The summed E-state index contributed by atoms with van der Waals surface area (Å²) in [4.78, 5) is 16.6. The van der Waals surface area contributed by atoms with Gasteiger partial charge in [0.2, 0.25) is 15.9 Å². The normalized spacial score (nSPS) is 14.9. The first-order valence-corrected chi connectivity index (χ1v) is 11.5. The summed E-state index contributed by atoms with van der Waals surface area (Å²) in [5.41, 5.74) is 3.73. The topological polar surface area (TPSA) is 69.7 Å². The Labute approximate surface area is 177 Å². The fourth-order valence-electron chi connectivity index (χ4n) is 3.47. The van der Waals surface area contributed by atoms with Gasteiger partial charge in [0.05, 0.1) is 5.02 Å². The first-order valence-electron chi connectivity index (χ1n) is 9.63. The number of sulfonamides is 1. The van der Waals surface area contributed by atoms with Crippen molar-refractivity contribution in [3.8, 4) is 0 Å². The fraction of sp³-hybridized carbons (Fsp3) is 0.381. The van der Waals surface area contributed by atoms with E-state index >= 15 is 0 Å². The minimum atomic E-state index is -3.73. The Bertz CT molecular complexity index is 986. The third-order valence-electron chi connectivity index (χ3n) is 5.31.